The Hall–Kier alpha value is -1.69. The summed E-state index contributed by atoms with van der Waals surface area (Å²) in [6, 6.07) is 7.23. The molecule has 1 aromatic carbocycles. The molecule has 0 atom stereocenters. The standard InChI is InChI=1S/C12H16N2O/c1-3-11(4-2)15-12-6-5-10(14)7-9(12)8-13/h5-7,11H,3-4,14H2,1-2H3. The van der Waals surface area contributed by atoms with Crippen molar-refractivity contribution >= 4 is 5.69 Å². The third kappa shape index (κ3) is 2.88. The molecule has 0 aliphatic rings. The zero-order chi connectivity index (χ0) is 11.3. The van der Waals surface area contributed by atoms with Crippen molar-refractivity contribution in [1.82, 2.24) is 0 Å². The number of ether oxygens (including phenoxy) is 1. The van der Waals surface area contributed by atoms with E-state index in [-0.39, 0.29) is 6.10 Å². The Morgan fingerprint density at radius 3 is 2.60 bits per heavy atom. The number of nitrogens with zero attached hydrogens (tertiary/aromatic N) is 1. The lowest BCUT2D eigenvalue weighted by Gasteiger charge is -2.16. The average Bonchev–Trinajstić information content (AvgIpc) is 2.27. The summed E-state index contributed by atoms with van der Waals surface area (Å²) in [7, 11) is 0. The van der Waals surface area contributed by atoms with Crippen molar-refractivity contribution < 1.29 is 4.74 Å². The fraction of sp³-hybridized carbons (Fsp3) is 0.417. The van der Waals surface area contributed by atoms with E-state index in [1.807, 2.05) is 0 Å². The van der Waals surface area contributed by atoms with Gasteiger partial charge in [-0.2, -0.15) is 5.26 Å². The van der Waals surface area contributed by atoms with Crippen LogP contribution >= 0.6 is 0 Å². The number of benzene rings is 1. The van der Waals surface area contributed by atoms with E-state index >= 15 is 0 Å². The summed E-state index contributed by atoms with van der Waals surface area (Å²) >= 11 is 0. The van der Waals surface area contributed by atoms with Crippen molar-refractivity contribution in [1.29, 1.82) is 5.26 Å². The zero-order valence-corrected chi connectivity index (χ0v) is 9.16. The third-order valence-electron chi connectivity index (χ3n) is 2.33. The predicted octanol–water partition coefficient (Wildman–Crippen LogP) is 2.71. The highest BCUT2D eigenvalue weighted by Crippen LogP contribution is 2.22. The van der Waals surface area contributed by atoms with Gasteiger partial charge in [-0.05, 0) is 31.0 Å². The van der Waals surface area contributed by atoms with E-state index in [0.717, 1.165) is 12.8 Å². The molecule has 0 unspecified atom stereocenters. The van der Waals surface area contributed by atoms with Crippen LogP contribution < -0.4 is 10.5 Å². The van der Waals surface area contributed by atoms with Crippen molar-refractivity contribution in [3.63, 3.8) is 0 Å². The van der Waals surface area contributed by atoms with Crippen LogP contribution in [-0.2, 0) is 0 Å². The normalized spacial score (nSPS) is 10.0. The Balaban J connectivity index is 2.90. The molecule has 0 aliphatic carbocycles. The zero-order valence-electron chi connectivity index (χ0n) is 9.16. The molecule has 0 bridgehead atoms. The van der Waals surface area contributed by atoms with E-state index in [0.29, 0.717) is 17.0 Å². The average molecular weight is 204 g/mol. The smallest absolute Gasteiger partial charge is 0.137 e. The maximum Gasteiger partial charge on any atom is 0.137 e. The molecular weight excluding hydrogens is 188 g/mol. The first kappa shape index (κ1) is 11.4. The fourth-order valence-electron chi connectivity index (χ4n) is 1.37. The maximum absolute atomic E-state index is 8.92. The second-order valence-corrected chi connectivity index (χ2v) is 3.42. The molecule has 0 radical (unpaired) electrons. The Labute approximate surface area is 90.5 Å². The van der Waals surface area contributed by atoms with Gasteiger partial charge in [-0.3, -0.25) is 0 Å². The molecule has 0 aromatic heterocycles. The van der Waals surface area contributed by atoms with Gasteiger partial charge in [0, 0.05) is 5.69 Å². The molecule has 3 nitrogen and oxygen atoms in total. The molecule has 0 saturated carbocycles. The Bertz CT molecular complexity index is 364. The summed E-state index contributed by atoms with van der Waals surface area (Å²) in [4.78, 5) is 0. The van der Waals surface area contributed by atoms with Gasteiger partial charge in [-0.1, -0.05) is 13.8 Å². The lowest BCUT2D eigenvalue weighted by Crippen LogP contribution is -2.14. The molecule has 0 heterocycles. The van der Waals surface area contributed by atoms with Crippen LogP contribution in [0.3, 0.4) is 0 Å². The predicted molar refractivity (Wildman–Crippen MR) is 60.6 cm³/mol. The van der Waals surface area contributed by atoms with Crippen LogP contribution in [-0.4, -0.2) is 6.10 Å². The number of hydrogen-bond acceptors (Lipinski definition) is 3. The van der Waals surface area contributed by atoms with Gasteiger partial charge in [-0.25, -0.2) is 0 Å². The summed E-state index contributed by atoms with van der Waals surface area (Å²) in [5.41, 5.74) is 6.68. The molecule has 2 N–H and O–H groups in total. The SMILES string of the molecule is CCC(CC)Oc1ccc(N)cc1C#N. The van der Waals surface area contributed by atoms with E-state index in [1.54, 1.807) is 18.2 Å². The minimum atomic E-state index is 0.167. The molecule has 3 heteroatoms. The molecule has 1 aromatic rings. The Kier molecular flexibility index (Phi) is 3.99. The van der Waals surface area contributed by atoms with Crippen LogP contribution in [0.5, 0.6) is 5.75 Å². The number of nitrogen functional groups attached to an aromatic ring is 1. The highest BCUT2D eigenvalue weighted by molar-refractivity contribution is 5.53. The second kappa shape index (κ2) is 5.26. The summed E-state index contributed by atoms with van der Waals surface area (Å²) < 4.78 is 5.71. The van der Waals surface area contributed by atoms with E-state index < -0.39 is 0 Å². The maximum atomic E-state index is 8.92. The summed E-state index contributed by atoms with van der Waals surface area (Å²) in [6.07, 6.45) is 2.04. The highest BCUT2D eigenvalue weighted by atomic mass is 16.5. The molecule has 0 amide bonds. The first-order valence-corrected chi connectivity index (χ1v) is 5.17. The van der Waals surface area contributed by atoms with Gasteiger partial charge in [0.15, 0.2) is 0 Å². The summed E-state index contributed by atoms with van der Waals surface area (Å²) in [6.45, 7) is 4.13. The van der Waals surface area contributed by atoms with Crippen molar-refractivity contribution in [2.24, 2.45) is 0 Å². The second-order valence-electron chi connectivity index (χ2n) is 3.42. The van der Waals surface area contributed by atoms with Crippen molar-refractivity contribution in [2.75, 3.05) is 5.73 Å². The third-order valence-corrected chi connectivity index (χ3v) is 2.33. The quantitative estimate of drug-likeness (QED) is 0.767. The minimum absolute atomic E-state index is 0.167. The number of nitrogens with two attached hydrogens (primary N) is 1. The van der Waals surface area contributed by atoms with E-state index in [2.05, 4.69) is 19.9 Å². The topological polar surface area (TPSA) is 59.0 Å². The summed E-state index contributed by atoms with van der Waals surface area (Å²) in [5, 5.41) is 8.92. The van der Waals surface area contributed by atoms with Crippen LogP contribution in [0.25, 0.3) is 0 Å². The van der Waals surface area contributed by atoms with Crippen molar-refractivity contribution in [2.45, 2.75) is 32.8 Å². The molecule has 0 aliphatic heterocycles. The Morgan fingerprint density at radius 2 is 2.07 bits per heavy atom. The van der Waals surface area contributed by atoms with Crippen LogP contribution in [0.15, 0.2) is 18.2 Å². The lowest BCUT2D eigenvalue weighted by atomic mass is 10.1. The van der Waals surface area contributed by atoms with Crippen molar-refractivity contribution in [3.05, 3.63) is 23.8 Å². The highest BCUT2D eigenvalue weighted by Gasteiger charge is 2.09. The molecule has 1 rings (SSSR count). The molecule has 80 valence electrons. The molecule has 0 spiro atoms. The van der Waals surface area contributed by atoms with E-state index in [4.69, 9.17) is 15.7 Å². The van der Waals surface area contributed by atoms with Crippen LogP contribution in [0.1, 0.15) is 32.3 Å². The van der Waals surface area contributed by atoms with Gasteiger partial charge in [0.2, 0.25) is 0 Å². The lowest BCUT2D eigenvalue weighted by molar-refractivity contribution is 0.192. The first-order valence-electron chi connectivity index (χ1n) is 5.17. The van der Waals surface area contributed by atoms with E-state index in [1.165, 1.54) is 0 Å². The molecule has 0 saturated heterocycles. The van der Waals surface area contributed by atoms with E-state index in [9.17, 15) is 0 Å². The number of anilines is 1. The number of nitriles is 1. The van der Waals surface area contributed by atoms with Gasteiger partial charge >= 0.3 is 0 Å². The van der Waals surface area contributed by atoms with Crippen LogP contribution in [0.2, 0.25) is 0 Å². The van der Waals surface area contributed by atoms with Gasteiger partial charge in [0.05, 0.1) is 11.7 Å². The fourth-order valence-corrected chi connectivity index (χ4v) is 1.37. The van der Waals surface area contributed by atoms with Gasteiger partial charge in [0.1, 0.15) is 11.8 Å². The monoisotopic (exact) mass is 204 g/mol. The molecular formula is C12H16N2O. The largest absolute Gasteiger partial charge is 0.489 e. The summed E-state index contributed by atoms with van der Waals surface area (Å²) in [5.74, 6) is 0.625. The van der Waals surface area contributed by atoms with Gasteiger partial charge < -0.3 is 10.5 Å². The minimum Gasteiger partial charge on any atom is -0.489 e. The first-order chi connectivity index (χ1) is 7.21. The van der Waals surface area contributed by atoms with Gasteiger partial charge in [0.25, 0.3) is 0 Å². The Morgan fingerprint density at radius 1 is 1.40 bits per heavy atom. The van der Waals surface area contributed by atoms with Crippen LogP contribution in [0, 0.1) is 11.3 Å². The molecule has 15 heavy (non-hydrogen) atoms. The van der Waals surface area contributed by atoms with Crippen LogP contribution in [0.4, 0.5) is 5.69 Å². The number of hydrogen-bond donors (Lipinski definition) is 1. The van der Waals surface area contributed by atoms with Gasteiger partial charge in [-0.15, -0.1) is 0 Å². The molecule has 0 fully saturated rings. The van der Waals surface area contributed by atoms with Crippen molar-refractivity contribution in [3.8, 4) is 11.8 Å². The number of rotatable bonds is 4.